The number of rotatable bonds is 7. The van der Waals surface area contributed by atoms with Crippen molar-refractivity contribution >= 4 is 0 Å². The predicted molar refractivity (Wildman–Crippen MR) is 145 cm³/mol. The van der Waals surface area contributed by atoms with Gasteiger partial charge in [-0.05, 0) is 124 Å². The van der Waals surface area contributed by atoms with E-state index in [9.17, 15) is 10.2 Å². The molecular formula is C32H56O3. The van der Waals surface area contributed by atoms with Gasteiger partial charge in [0.1, 0.15) is 0 Å². The number of allylic oxidation sites excluding steroid dienone is 2. The van der Waals surface area contributed by atoms with Crippen LogP contribution in [0.3, 0.4) is 0 Å². The standard InChI is InChI=1S/C32H56O3/c1-10-35-29(5,6)27(34)14-11-21(2)22-15-19-32(9)24-12-13-25-28(3,4)26(33)17-18-30(25,7)23(24)16-20-31(22,32)8/h16,21-22,24-27,33-34H,10-15,17-20H2,1-9H3/t21-,22-,24-,25+,26+,27+,30-,31-,32+/m1/s1. The minimum absolute atomic E-state index is 0.00327. The van der Waals surface area contributed by atoms with Crippen LogP contribution >= 0.6 is 0 Å². The third-order valence-electron chi connectivity index (χ3n) is 12.8. The van der Waals surface area contributed by atoms with Crippen LogP contribution in [0.5, 0.6) is 0 Å². The quantitative estimate of drug-likeness (QED) is 0.364. The molecular weight excluding hydrogens is 432 g/mol. The van der Waals surface area contributed by atoms with Crippen LogP contribution < -0.4 is 0 Å². The average Bonchev–Trinajstić information content (AvgIpc) is 3.06. The van der Waals surface area contributed by atoms with E-state index < -0.39 is 11.7 Å². The summed E-state index contributed by atoms with van der Waals surface area (Å²) in [6.45, 7) is 21.6. The molecule has 202 valence electrons. The van der Waals surface area contributed by atoms with Crippen LogP contribution in [0, 0.1) is 45.3 Å². The first-order valence-electron chi connectivity index (χ1n) is 14.9. The van der Waals surface area contributed by atoms with E-state index in [1.165, 1.54) is 32.1 Å². The van der Waals surface area contributed by atoms with Crippen molar-refractivity contribution in [1.29, 1.82) is 0 Å². The summed E-state index contributed by atoms with van der Waals surface area (Å²) in [5.41, 5.74) is 2.22. The highest BCUT2D eigenvalue weighted by Gasteiger charge is 2.65. The largest absolute Gasteiger partial charge is 0.393 e. The van der Waals surface area contributed by atoms with Gasteiger partial charge in [0.25, 0.3) is 0 Å². The molecule has 3 nitrogen and oxygen atoms in total. The molecule has 3 saturated carbocycles. The van der Waals surface area contributed by atoms with E-state index in [4.69, 9.17) is 4.74 Å². The van der Waals surface area contributed by atoms with Crippen molar-refractivity contribution in [1.82, 2.24) is 0 Å². The second-order valence-electron chi connectivity index (χ2n) is 14.9. The van der Waals surface area contributed by atoms with Gasteiger partial charge in [-0.15, -0.1) is 0 Å². The highest BCUT2D eigenvalue weighted by atomic mass is 16.5. The molecule has 3 fully saturated rings. The van der Waals surface area contributed by atoms with E-state index in [0.717, 1.165) is 25.7 Å². The maximum Gasteiger partial charge on any atom is 0.0884 e. The second kappa shape index (κ2) is 9.12. The van der Waals surface area contributed by atoms with E-state index in [1.807, 2.05) is 20.8 Å². The predicted octanol–water partition coefficient (Wildman–Crippen LogP) is 7.54. The lowest BCUT2D eigenvalue weighted by atomic mass is 9.41. The molecule has 0 spiro atoms. The average molecular weight is 489 g/mol. The lowest BCUT2D eigenvalue weighted by molar-refractivity contribution is -0.119. The molecule has 0 aromatic rings. The summed E-state index contributed by atoms with van der Waals surface area (Å²) in [6, 6.07) is 0. The molecule has 35 heavy (non-hydrogen) atoms. The van der Waals surface area contributed by atoms with Gasteiger partial charge in [0, 0.05) is 6.61 Å². The molecule has 3 heteroatoms. The van der Waals surface area contributed by atoms with Crippen LogP contribution in [0.1, 0.15) is 120 Å². The van der Waals surface area contributed by atoms with Gasteiger partial charge in [-0.3, -0.25) is 0 Å². The lowest BCUT2D eigenvalue weighted by Crippen LogP contribution is -2.57. The molecule has 0 aromatic heterocycles. The van der Waals surface area contributed by atoms with Crippen LogP contribution in [0.2, 0.25) is 0 Å². The first-order chi connectivity index (χ1) is 16.1. The van der Waals surface area contributed by atoms with Crippen LogP contribution in [0.25, 0.3) is 0 Å². The van der Waals surface area contributed by atoms with Crippen molar-refractivity contribution in [3.05, 3.63) is 11.6 Å². The van der Waals surface area contributed by atoms with Crippen molar-refractivity contribution in [3.8, 4) is 0 Å². The Labute approximate surface area is 216 Å². The smallest absolute Gasteiger partial charge is 0.0884 e. The molecule has 4 rings (SSSR count). The van der Waals surface area contributed by atoms with Gasteiger partial charge in [-0.1, -0.05) is 53.2 Å². The maximum atomic E-state index is 10.8. The van der Waals surface area contributed by atoms with Crippen molar-refractivity contribution in [2.45, 2.75) is 138 Å². The molecule has 0 radical (unpaired) electrons. The molecule has 0 aliphatic heterocycles. The fourth-order valence-electron chi connectivity index (χ4n) is 10.1. The molecule has 0 heterocycles. The van der Waals surface area contributed by atoms with Gasteiger partial charge in [0.15, 0.2) is 0 Å². The van der Waals surface area contributed by atoms with Crippen LogP contribution in [0.4, 0.5) is 0 Å². The molecule has 0 aromatic carbocycles. The number of hydrogen-bond donors (Lipinski definition) is 2. The molecule has 9 atom stereocenters. The normalized spacial score (nSPS) is 44.6. The van der Waals surface area contributed by atoms with Gasteiger partial charge in [-0.25, -0.2) is 0 Å². The van der Waals surface area contributed by atoms with Gasteiger partial charge in [0.2, 0.25) is 0 Å². The number of ether oxygens (including phenoxy) is 1. The molecule has 0 bridgehead atoms. The molecule has 2 N–H and O–H groups in total. The summed E-state index contributed by atoms with van der Waals surface area (Å²) in [7, 11) is 0. The van der Waals surface area contributed by atoms with E-state index in [0.29, 0.717) is 41.1 Å². The molecule has 0 saturated heterocycles. The van der Waals surface area contributed by atoms with Crippen molar-refractivity contribution in [2.24, 2.45) is 45.3 Å². The number of aliphatic hydroxyl groups is 2. The Morgan fingerprint density at radius 3 is 2.34 bits per heavy atom. The Morgan fingerprint density at radius 1 is 1.00 bits per heavy atom. The minimum Gasteiger partial charge on any atom is -0.393 e. The summed E-state index contributed by atoms with van der Waals surface area (Å²) < 4.78 is 5.83. The maximum absolute atomic E-state index is 10.8. The van der Waals surface area contributed by atoms with Gasteiger partial charge in [-0.2, -0.15) is 0 Å². The molecule has 4 aliphatic carbocycles. The Morgan fingerprint density at radius 2 is 1.69 bits per heavy atom. The second-order valence-corrected chi connectivity index (χ2v) is 14.9. The Hall–Kier alpha value is -0.380. The Bertz CT molecular complexity index is 814. The van der Waals surface area contributed by atoms with E-state index in [1.54, 1.807) is 5.57 Å². The zero-order valence-electron chi connectivity index (χ0n) is 24.4. The fourth-order valence-corrected chi connectivity index (χ4v) is 10.1. The number of fused-ring (bicyclic) bond motifs is 5. The highest BCUT2D eigenvalue weighted by molar-refractivity contribution is 5.32. The molecule has 4 aliphatic rings. The third kappa shape index (κ3) is 4.09. The summed E-state index contributed by atoms with van der Waals surface area (Å²) in [5.74, 6) is 2.59. The number of hydrogen-bond acceptors (Lipinski definition) is 3. The lowest BCUT2D eigenvalue weighted by Gasteiger charge is -2.64. The Balaban J connectivity index is 1.54. The zero-order valence-corrected chi connectivity index (χ0v) is 24.4. The molecule has 0 amide bonds. The van der Waals surface area contributed by atoms with E-state index >= 15 is 0 Å². The third-order valence-corrected chi connectivity index (χ3v) is 12.8. The minimum atomic E-state index is -0.472. The zero-order chi connectivity index (χ0) is 26.0. The van der Waals surface area contributed by atoms with Gasteiger partial charge in [0.05, 0.1) is 17.8 Å². The summed E-state index contributed by atoms with van der Waals surface area (Å²) >= 11 is 0. The first-order valence-corrected chi connectivity index (χ1v) is 14.9. The van der Waals surface area contributed by atoms with Gasteiger partial charge >= 0.3 is 0 Å². The first kappa shape index (κ1) is 27.6. The van der Waals surface area contributed by atoms with Crippen LogP contribution in [-0.2, 0) is 4.74 Å². The van der Waals surface area contributed by atoms with Crippen molar-refractivity contribution < 1.29 is 14.9 Å². The summed E-state index contributed by atoms with van der Waals surface area (Å²) in [6.07, 6.45) is 12.5. The van der Waals surface area contributed by atoms with Gasteiger partial charge < -0.3 is 14.9 Å². The van der Waals surface area contributed by atoms with E-state index in [-0.39, 0.29) is 16.9 Å². The van der Waals surface area contributed by atoms with Crippen LogP contribution in [0.15, 0.2) is 11.6 Å². The Kier molecular flexibility index (Phi) is 7.21. The fraction of sp³-hybridized carbons (Fsp3) is 0.938. The SMILES string of the molecule is CCOC(C)(C)[C@@H](O)CC[C@@H](C)[C@H]1CC[C@@]2(C)[C@@H]3CC[C@H]4C(C)(C)[C@@H](O)CC[C@]4(C)C3=CC[C@]12C. The van der Waals surface area contributed by atoms with Crippen molar-refractivity contribution in [3.63, 3.8) is 0 Å². The summed E-state index contributed by atoms with van der Waals surface area (Å²) in [5, 5.41) is 21.7. The number of aliphatic hydroxyl groups excluding tert-OH is 2. The van der Waals surface area contributed by atoms with Crippen molar-refractivity contribution in [2.75, 3.05) is 6.61 Å². The monoisotopic (exact) mass is 488 g/mol. The highest BCUT2D eigenvalue weighted by Crippen LogP contribution is 2.73. The van der Waals surface area contributed by atoms with Crippen LogP contribution in [-0.4, -0.2) is 34.6 Å². The topological polar surface area (TPSA) is 49.7 Å². The van der Waals surface area contributed by atoms with E-state index in [2.05, 4.69) is 47.6 Å². The molecule has 0 unspecified atom stereocenters. The summed E-state index contributed by atoms with van der Waals surface area (Å²) in [4.78, 5) is 0.